The Morgan fingerprint density at radius 3 is 2.67 bits per heavy atom. The van der Waals surface area contributed by atoms with Crippen LogP contribution in [-0.2, 0) is 0 Å². The Kier molecular flexibility index (Phi) is 5.67. The third-order valence-electron chi connectivity index (χ3n) is 3.24. The maximum Gasteiger partial charge on any atom is 0.292 e. The number of nitro groups is 1. The average molecular weight is 333 g/mol. The molecule has 0 aromatic heterocycles. The fourth-order valence-electron chi connectivity index (χ4n) is 2.07. The molecule has 0 unspecified atom stereocenters. The molecule has 0 atom stereocenters. The second-order valence-electron chi connectivity index (χ2n) is 4.81. The van der Waals surface area contributed by atoms with Gasteiger partial charge in [-0.2, -0.15) is 0 Å². The first kappa shape index (κ1) is 17.2. The molecule has 2 aromatic rings. The highest BCUT2D eigenvalue weighted by atomic mass is 19.1. The molecule has 8 heteroatoms. The molecule has 24 heavy (non-hydrogen) atoms. The Balaban J connectivity index is 1.87. The standard InChI is InChI=1S/C16H16FN3O4/c1-24-15-7-6-11(10-12(15)17)16(21)19-9-8-18-13-4-2-3-5-14(13)20(22)23/h2-7,10,18H,8-9H2,1H3,(H,19,21). The topological polar surface area (TPSA) is 93.5 Å². The van der Waals surface area contributed by atoms with Gasteiger partial charge in [0.1, 0.15) is 5.69 Å². The van der Waals surface area contributed by atoms with E-state index in [0.717, 1.165) is 6.07 Å². The van der Waals surface area contributed by atoms with Crippen LogP contribution in [0.4, 0.5) is 15.8 Å². The summed E-state index contributed by atoms with van der Waals surface area (Å²) < 4.78 is 18.3. The molecule has 7 nitrogen and oxygen atoms in total. The highest BCUT2D eigenvalue weighted by molar-refractivity contribution is 5.94. The highest BCUT2D eigenvalue weighted by Gasteiger charge is 2.12. The summed E-state index contributed by atoms with van der Waals surface area (Å²) in [6.45, 7) is 0.508. The van der Waals surface area contributed by atoms with Crippen molar-refractivity contribution in [2.45, 2.75) is 0 Å². The van der Waals surface area contributed by atoms with Crippen LogP contribution in [-0.4, -0.2) is 31.0 Å². The average Bonchev–Trinajstić information content (AvgIpc) is 2.58. The lowest BCUT2D eigenvalue weighted by atomic mass is 10.2. The van der Waals surface area contributed by atoms with Crippen LogP contribution in [0, 0.1) is 15.9 Å². The van der Waals surface area contributed by atoms with Crippen LogP contribution >= 0.6 is 0 Å². The molecule has 2 rings (SSSR count). The van der Waals surface area contributed by atoms with Crippen LogP contribution in [0.15, 0.2) is 42.5 Å². The van der Waals surface area contributed by atoms with Crippen molar-refractivity contribution < 1.29 is 18.8 Å². The predicted octanol–water partition coefficient (Wildman–Crippen LogP) is 2.58. The van der Waals surface area contributed by atoms with E-state index in [1.165, 1.54) is 25.3 Å². The summed E-state index contributed by atoms with van der Waals surface area (Å²) >= 11 is 0. The van der Waals surface area contributed by atoms with Crippen molar-refractivity contribution in [3.05, 3.63) is 64.0 Å². The zero-order valence-corrected chi connectivity index (χ0v) is 12.9. The molecule has 0 heterocycles. The van der Waals surface area contributed by atoms with Crippen LogP contribution in [0.3, 0.4) is 0 Å². The summed E-state index contributed by atoms with van der Waals surface area (Å²) in [6.07, 6.45) is 0. The summed E-state index contributed by atoms with van der Waals surface area (Å²) in [6, 6.07) is 10.1. The molecule has 0 saturated heterocycles. The monoisotopic (exact) mass is 333 g/mol. The van der Waals surface area contributed by atoms with Gasteiger partial charge in [-0.25, -0.2) is 4.39 Å². The number of amides is 1. The van der Waals surface area contributed by atoms with Crippen molar-refractivity contribution in [1.82, 2.24) is 5.32 Å². The van der Waals surface area contributed by atoms with Crippen LogP contribution in [0.2, 0.25) is 0 Å². The number of carbonyl (C=O) groups excluding carboxylic acids is 1. The molecule has 0 fully saturated rings. The first-order valence-corrected chi connectivity index (χ1v) is 7.12. The van der Waals surface area contributed by atoms with E-state index in [9.17, 15) is 19.3 Å². The number of anilines is 1. The van der Waals surface area contributed by atoms with E-state index < -0.39 is 16.6 Å². The Labute approximate surface area is 137 Å². The van der Waals surface area contributed by atoms with Gasteiger partial charge in [-0.3, -0.25) is 14.9 Å². The van der Waals surface area contributed by atoms with Crippen LogP contribution in [0.25, 0.3) is 0 Å². The quantitative estimate of drug-likeness (QED) is 0.461. The SMILES string of the molecule is COc1ccc(C(=O)NCCNc2ccccc2[N+](=O)[O-])cc1F. The van der Waals surface area contributed by atoms with Gasteiger partial charge in [0.2, 0.25) is 0 Å². The van der Waals surface area contributed by atoms with E-state index in [1.54, 1.807) is 18.2 Å². The number of nitro benzene ring substituents is 1. The lowest BCUT2D eigenvalue weighted by molar-refractivity contribution is -0.384. The lowest BCUT2D eigenvalue weighted by Crippen LogP contribution is -2.28. The maximum absolute atomic E-state index is 13.6. The van der Waals surface area contributed by atoms with Gasteiger partial charge in [0, 0.05) is 24.7 Å². The number of methoxy groups -OCH3 is 1. The Hall–Kier alpha value is -3.16. The number of benzene rings is 2. The molecule has 1 amide bonds. The molecular weight excluding hydrogens is 317 g/mol. The van der Waals surface area contributed by atoms with Crippen molar-refractivity contribution in [1.29, 1.82) is 0 Å². The summed E-state index contributed by atoms with van der Waals surface area (Å²) in [5.74, 6) is -1.01. The second kappa shape index (κ2) is 7.91. The lowest BCUT2D eigenvalue weighted by Gasteiger charge is -2.09. The molecule has 0 spiro atoms. The summed E-state index contributed by atoms with van der Waals surface area (Å²) in [4.78, 5) is 22.3. The Morgan fingerprint density at radius 1 is 1.25 bits per heavy atom. The third kappa shape index (κ3) is 4.19. The molecule has 0 radical (unpaired) electrons. The molecular formula is C16H16FN3O4. The van der Waals surface area contributed by atoms with E-state index in [1.807, 2.05) is 0 Å². The van der Waals surface area contributed by atoms with Gasteiger partial charge in [0.15, 0.2) is 11.6 Å². The second-order valence-corrected chi connectivity index (χ2v) is 4.81. The molecule has 126 valence electrons. The van der Waals surface area contributed by atoms with E-state index in [-0.39, 0.29) is 30.1 Å². The fourth-order valence-corrected chi connectivity index (χ4v) is 2.07. The van der Waals surface area contributed by atoms with E-state index in [2.05, 4.69) is 10.6 Å². The van der Waals surface area contributed by atoms with Crippen molar-refractivity contribution in [3.8, 4) is 5.75 Å². The Bertz CT molecular complexity index is 752. The van der Waals surface area contributed by atoms with Crippen LogP contribution in [0.5, 0.6) is 5.75 Å². The molecule has 0 bridgehead atoms. The van der Waals surface area contributed by atoms with E-state index >= 15 is 0 Å². The van der Waals surface area contributed by atoms with Crippen LogP contribution < -0.4 is 15.4 Å². The van der Waals surface area contributed by atoms with Crippen molar-refractivity contribution >= 4 is 17.3 Å². The maximum atomic E-state index is 13.6. The Morgan fingerprint density at radius 2 is 2.00 bits per heavy atom. The van der Waals surface area contributed by atoms with Gasteiger partial charge < -0.3 is 15.4 Å². The summed E-state index contributed by atoms with van der Waals surface area (Å²) in [5.41, 5.74) is 0.493. The van der Waals surface area contributed by atoms with Gasteiger partial charge in [-0.05, 0) is 24.3 Å². The smallest absolute Gasteiger partial charge is 0.292 e. The normalized spacial score (nSPS) is 10.1. The number of carbonyl (C=O) groups is 1. The number of hydrogen-bond acceptors (Lipinski definition) is 5. The van der Waals surface area contributed by atoms with Crippen molar-refractivity contribution in [2.75, 3.05) is 25.5 Å². The van der Waals surface area contributed by atoms with Gasteiger partial charge in [-0.15, -0.1) is 0 Å². The minimum absolute atomic E-state index is 0.0407. The van der Waals surface area contributed by atoms with Crippen LogP contribution in [0.1, 0.15) is 10.4 Å². The number of nitrogens with one attached hydrogen (secondary N) is 2. The zero-order chi connectivity index (χ0) is 17.5. The van der Waals surface area contributed by atoms with Crippen molar-refractivity contribution in [2.24, 2.45) is 0 Å². The number of para-hydroxylation sites is 2. The van der Waals surface area contributed by atoms with Gasteiger partial charge in [0.25, 0.3) is 11.6 Å². The molecule has 2 aromatic carbocycles. The molecule has 0 aliphatic rings. The number of halogens is 1. The van der Waals surface area contributed by atoms with Gasteiger partial charge in [-0.1, -0.05) is 12.1 Å². The molecule has 0 saturated carbocycles. The number of rotatable bonds is 7. The number of ether oxygens (including phenoxy) is 1. The molecule has 2 N–H and O–H groups in total. The summed E-state index contributed by atoms with van der Waals surface area (Å²) in [5, 5.41) is 16.4. The molecule has 0 aliphatic carbocycles. The van der Waals surface area contributed by atoms with Crippen molar-refractivity contribution in [3.63, 3.8) is 0 Å². The zero-order valence-electron chi connectivity index (χ0n) is 12.9. The van der Waals surface area contributed by atoms with E-state index in [0.29, 0.717) is 5.69 Å². The van der Waals surface area contributed by atoms with E-state index in [4.69, 9.17) is 4.74 Å². The number of hydrogen-bond donors (Lipinski definition) is 2. The minimum atomic E-state index is -0.622. The van der Waals surface area contributed by atoms with Gasteiger partial charge in [0.05, 0.1) is 12.0 Å². The van der Waals surface area contributed by atoms with Gasteiger partial charge >= 0.3 is 0 Å². The first-order valence-electron chi connectivity index (χ1n) is 7.12. The minimum Gasteiger partial charge on any atom is -0.494 e. The third-order valence-corrected chi connectivity index (χ3v) is 3.24. The first-order chi connectivity index (χ1) is 11.5. The molecule has 0 aliphatic heterocycles. The largest absolute Gasteiger partial charge is 0.494 e. The summed E-state index contributed by atoms with van der Waals surface area (Å²) in [7, 11) is 1.34. The number of nitrogens with zero attached hydrogens (tertiary/aromatic N) is 1. The fraction of sp³-hybridized carbons (Fsp3) is 0.188. The highest BCUT2D eigenvalue weighted by Crippen LogP contribution is 2.22. The predicted molar refractivity (Wildman–Crippen MR) is 86.9 cm³/mol.